The van der Waals surface area contributed by atoms with Crippen LogP contribution in [-0.4, -0.2) is 10.9 Å². The molecule has 0 radical (unpaired) electrons. The summed E-state index contributed by atoms with van der Waals surface area (Å²) >= 11 is 0. The molecule has 0 aliphatic rings. The van der Waals surface area contributed by atoms with Gasteiger partial charge in [0, 0.05) is 18.2 Å². The number of carbonyl (C=O) groups is 1. The Balaban J connectivity index is 1.67. The van der Waals surface area contributed by atoms with Gasteiger partial charge in [-0.2, -0.15) is 0 Å². The number of anilines is 1. The minimum Gasteiger partial charge on any atom is -0.441 e. The molecule has 1 heterocycles. The van der Waals surface area contributed by atoms with E-state index in [1.54, 1.807) is 6.92 Å². The van der Waals surface area contributed by atoms with Crippen molar-refractivity contribution in [3.8, 4) is 11.1 Å². The molecule has 4 nitrogen and oxygen atoms in total. The Morgan fingerprint density at radius 1 is 0.960 bits per heavy atom. The van der Waals surface area contributed by atoms with E-state index in [9.17, 15) is 4.79 Å². The second-order valence-electron chi connectivity index (χ2n) is 5.78. The maximum absolute atomic E-state index is 12.8. The fourth-order valence-electron chi connectivity index (χ4n) is 2.87. The van der Waals surface area contributed by atoms with Crippen LogP contribution < -0.4 is 5.32 Å². The van der Waals surface area contributed by atoms with Crippen molar-refractivity contribution >= 4 is 22.7 Å². The highest BCUT2D eigenvalue weighted by molar-refractivity contribution is 6.09. The average molecular weight is 328 g/mol. The fourth-order valence-corrected chi connectivity index (χ4v) is 2.87. The standard InChI is InChI=1S/C21H16N2O2/c1-14-22-19-13-16(11-12-20(19)25-14)23-21(24)18-10-6-5-9-17(18)15-7-3-2-4-8-15/h2-13H,1H3,(H,23,24). The molecular weight excluding hydrogens is 312 g/mol. The number of amides is 1. The van der Waals surface area contributed by atoms with E-state index in [2.05, 4.69) is 10.3 Å². The van der Waals surface area contributed by atoms with Gasteiger partial charge < -0.3 is 9.73 Å². The molecule has 0 unspecified atom stereocenters. The summed E-state index contributed by atoms with van der Waals surface area (Å²) in [5.41, 5.74) is 4.67. The number of hydrogen-bond acceptors (Lipinski definition) is 3. The first-order chi connectivity index (χ1) is 12.2. The van der Waals surface area contributed by atoms with Gasteiger partial charge >= 0.3 is 0 Å². The third-order valence-corrected chi connectivity index (χ3v) is 4.01. The molecule has 0 spiro atoms. The number of nitrogens with one attached hydrogen (secondary N) is 1. The van der Waals surface area contributed by atoms with Crippen LogP contribution >= 0.6 is 0 Å². The van der Waals surface area contributed by atoms with Gasteiger partial charge in [-0.25, -0.2) is 4.98 Å². The van der Waals surface area contributed by atoms with Crippen LogP contribution in [0.2, 0.25) is 0 Å². The molecule has 0 saturated carbocycles. The summed E-state index contributed by atoms with van der Waals surface area (Å²) in [6, 6.07) is 22.9. The molecule has 4 rings (SSSR count). The summed E-state index contributed by atoms with van der Waals surface area (Å²) in [5.74, 6) is 0.451. The van der Waals surface area contributed by atoms with Crippen LogP contribution in [0.5, 0.6) is 0 Å². The minimum absolute atomic E-state index is 0.154. The van der Waals surface area contributed by atoms with Gasteiger partial charge in [0.1, 0.15) is 5.52 Å². The lowest BCUT2D eigenvalue weighted by Crippen LogP contribution is -2.13. The number of aromatic nitrogens is 1. The molecule has 4 aromatic rings. The van der Waals surface area contributed by atoms with Crippen molar-refractivity contribution in [3.63, 3.8) is 0 Å². The van der Waals surface area contributed by atoms with Crippen LogP contribution in [-0.2, 0) is 0 Å². The fraction of sp³-hybridized carbons (Fsp3) is 0.0476. The summed E-state index contributed by atoms with van der Waals surface area (Å²) in [6.45, 7) is 1.80. The van der Waals surface area contributed by atoms with Gasteiger partial charge in [-0.15, -0.1) is 0 Å². The van der Waals surface area contributed by atoms with E-state index >= 15 is 0 Å². The van der Waals surface area contributed by atoms with Crippen molar-refractivity contribution in [2.75, 3.05) is 5.32 Å². The third kappa shape index (κ3) is 3.02. The Hall–Kier alpha value is -3.40. The Morgan fingerprint density at radius 2 is 1.72 bits per heavy atom. The summed E-state index contributed by atoms with van der Waals surface area (Å²) < 4.78 is 5.47. The van der Waals surface area contributed by atoms with Crippen LogP contribution in [0.25, 0.3) is 22.2 Å². The Morgan fingerprint density at radius 3 is 2.56 bits per heavy atom. The molecule has 0 saturated heterocycles. The minimum atomic E-state index is -0.154. The Labute approximate surface area is 145 Å². The number of nitrogens with zero attached hydrogens (tertiary/aromatic N) is 1. The highest BCUT2D eigenvalue weighted by atomic mass is 16.3. The first-order valence-electron chi connectivity index (χ1n) is 8.04. The van der Waals surface area contributed by atoms with Gasteiger partial charge in [0.15, 0.2) is 11.5 Å². The van der Waals surface area contributed by atoms with E-state index < -0.39 is 0 Å². The van der Waals surface area contributed by atoms with Gasteiger partial charge in [0.05, 0.1) is 0 Å². The Bertz CT molecular complexity index is 1050. The van der Waals surface area contributed by atoms with Crippen molar-refractivity contribution in [2.24, 2.45) is 0 Å². The Kier molecular flexibility index (Phi) is 3.78. The molecular formula is C21H16N2O2. The molecule has 0 aliphatic heterocycles. The van der Waals surface area contributed by atoms with Gasteiger partial charge in [-0.05, 0) is 35.4 Å². The first-order valence-corrected chi connectivity index (χ1v) is 8.04. The largest absolute Gasteiger partial charge is 0.441 e. The van der Waals surface area contributed by atoms with E-state index in [0.29, 0.717) is 22.7 Å². The van der Waals surface area contributed by atoms with Gasteiger partial charge in [0.25, 0.3) is 5.91 Å². The molecule has 0 aliphatic carbocycles. The number of benzene rings is 3. The smallest absolute Gasteiger partial charge is 0.256 e. The highest BCUT2D eigenvalue weighted by Gasteiger charge is 2.13. The van der Waals surface area contributed by atoms with Crippen LogP contribution in [0.3, 0.4) is 0 Å². The summed E-state index contributed by atoms with van der Waals surface area (Å²) in [4.78, 5) is 17.1. The van der Waals surface area contributed by atoms with Crippen molar-refractivity contribution in [2.45, 2.75) is 6.92 Å². The number of rotatable bonds is 3. The summed E-state index contributed by atoms with van der Waals surface area (Å²) in [5, 5.41) is 2.95. The molecule has 122 valence electrons. The molecule has 0 atom stereocenters. The summed E-state index contributed by atoms with van der Waals surface area (Å²) in [7, 11) is 0. The molecule has 1 N–H and O–H groups in total. The molecule has 0 bridgehead atoms. The molecule has 4 heteroatoms. The predicted octanol–water partition coefficient (Wildman–Crippen LogP) is 5.06. The van der Waals surface area contributed by atoms with Crippen molar-refractivity contribution in [3.05, 3.63) is 84.3 Å². The molecule has 3 aromatic carbocycles. The van der Waals surface area contributed by atoms with E-state index in [1.165, 1.54) is 0 Å². The molecule has 1 aromatic heterocycles. The predicted molar refractivity (Wildman–Crippen MR) is 98.6 cm³/mol. The first kappa shape index (κ1) is 15.1. The zero-order valence-electron chi connectivity index (χ0n) is 13.7. The van der Waals surface area contributed by atoms with E-state index in [4.69, 9.17) is 4.42 Å². The number of oxazole rings is 1. The summed E-state index contributed by atoms with van der Waals surface area (Å²) in [6.07, 6.45) is 0. The monoisotopic (exact) mass is 328 g/mol. The molecule has 0 fully saturated rings. The van der Waals surface area contributed by atoms with Crippen LogP contribution in [0.4, 0.5) is 5.69 Å². The number of aryl methyl sites for hydroxylation is 1. The second-order valence-corrected chi connectivity index (χ2v) is 5.78. The van der Waals surface area contributed by atoms with Crippen LogP contribution in [0.1, 0.15) is 16.2 Å². The lowest BCUT2D eigenvalue weighted by molar-refractivity contribution is 0.102. The van der Waals surface area contributed by atoms with Crippen molar-refractivity contribution in [1.82, 2.24) is 4.98 Å². The SMILES string of the molecule is Cc1nc2cc(NC(=O)c3ccccc3-c3ccccc3)ccc2o1. The van der Waals surface area contributed by atoms with E-state index in [0.717, 1.165) is 16.6 Å². The lowest BCUT2D eigenvalue weighted by atomic mass is 9.99. The highest BCUT2D eigenvalue weighted by Crippen LogP contribution is 2.25. The maximum Gasteiger partial charge on any atom is 0.256 e. The topological polar surface area (TPSA) is 55.1 Å². The van der Waals surface area contributed by atoms with Gasteiger partial charge in [0.2, 0.25) is 0 Å². The quantitative estimate of drug-likeness (QED) is 0.572. The maximum atomic E-state index is 12.8. The second kappa shape index (κ2) is 6.24. The van der Waals surface area contributed by atoms with Crippen molar-refractivity contribution in [1.29, 1.82) is 0 Å². The third-order valence-electron chi connectivity index (χ3n) is 4.01. The van der Waals surface area contributed by atoms with E-state index in [1.807, 2.05) is 72.8 Å². The van der Waals surface area contributed by atoms with E-state index in [-0.39, 0.29) is 5.91 Å². The number of hydrogen-bond donors (Lipinski definition) is 1. The number of fused-ring (bicyclic) bond motifs is 1. The zero-order chi connectivity index (χ0) is 17.2. The van der Waals surface area contributed by atoms with Gasteiger partial charge in [-0.3, -0.25) is 4.79 Å². The normalized spacial score (nSPS) is 10.8. The lowest BCUT2D eigenvalue weighted by Gasteiger charge is -2.10. The zero-order valence-corrected chi connectivity index (χ0v) is 13.7. The van der Waals surface area contributed by atoms with Gasteiger partial charge in [-0.1, -0.05) is 48.5 Å². The average Bonchev–Trinajstić information content (AvgIpc) is 3.02. The number of carbonyl (C=O) groups excluding carboxylic acids is 1. The van der Waals surface area contributed by atoms with Crippen molar-refractivity contribution < 1.29 is 9.21 Å². The van der Waals surface area contributed by atoms with Crippen LogP contribution in [0.15, 0.2) is 77.2 Å². The van der Waals surface area contributed by atoms with Crippen LogP contribution in [0, 0.1) is 6.92 Å². The molecule has 25 heavy (non-hydrogen) atoms. The molecule has 1 amide bonds.